The minimum Gasteiger partial charge on any atom is -0.361 e. The van der Waals surface area contributed by atoms with E-state index >= 15 is 0 Å². The summed E-state index contributed by atoms with van der Waals surface area (Å²) in [5.74, 6) is 0.699. The number of rotatable bonds is 13. The van der Waals surface area contributed by atoms with Gasteiger partial charge >= 0.3 is 0 Å². The Hall–Kier alpha value is -2.05. The minimum atomic E-state index is -1.24. The molecule has 0 bridgehead atoms. The third kappa shape index (κ3) is 6.85. The Bertz CT molecular complexity index is 1600. The van der Waals surface area contributed by atoms with Crippen LogP contribution in [0, 0.1) is 20.8 Å². The maximum absolute atomic E-state index is 13.4. The van der Waals surface area contributed by atoms with Crippen molar-refractivity contribution >= 4 is 60.3 Å². The number of ether oxygens (including phenoxy) is 2. The molecule has 228 valence electrons. The lowest BCUT2D eigenvalue weighted by atomic mass is 9.76. The van der Waals surface area contributed by atoms with Crippen molar-refractivity contribution in [3.05, 3.63) is 63.0 Å². The van der Waals surface area contributed by atoms with Crippen LogP contribution in [0.15, 0.2) is 34.9 Å². The van der Waals surface area contributed by atoms with Crippen LogP contribution in [0.1, 0.15) is 35.0 Å². The van der Waals surface area contributed by atoms with Gasteiger partial charge in [-0.25, -0.2) is 4.98 Å². The first-order chi connectivity index (χ1) is 19.6. The van der Waals surface area contributed by atoms with Gasteiger partial charge in [0.2, 0.25) is 0 Å². The first kappa shape index (κ1) is 32.9. The lowest BCUT2D eigenvalue weighted by Gasteiger charge is -2.29. The van der Waals surface area contributed by atoms with Gasteiger partial charge in [-0.2, -0.15) is 0 Å². The maximum Gasteiger partial charge on any atom is 0.137 e. The Kier molecular flexibility index (Phi) is 9.79. The molecule has 0 aliphatic heterocycles. The molecule has 4 rings (SSSR count). The second-order valence-corrected chi connectivity index (χ2v) is 26.5. The van der Waals surface area contributed by atoms with Gasteiger partial charge < -0.3 is 23.4 Å². The molecule has 0 saturated carbocycles. The molecule has 0 spiro atoms. The van der Waals surface area contributed by atoms with Crippen molar-refractivity contribution in [3.63, 3.8) is 0 Å². The highest BCUT2D eigenvalue weighted by Crippen LogP contribution is 2.41. The topological polar surface area (TPSA) is 58.3 Å². The number of hydrogen-bond acceptors (Lipinski definition) is 4. The monoisotopic (exact) mass is 669 g/mol. The summed E-state index contributed by atoms with van der Waals surface area (Å²) in [5.41, 5.74) is 6.42. The zero-order valence-electron chi connectivity index (χ0n) is 27.2. The van der Waals surface area contributed by atoms with Crippen molar-refractivity contribution in [1.82, 2.24) is 14.1 Å². The number of carbonyl (C=O) groups is 1. The summed E-state index contributed by atoms with van der Waals surface area (Å²) in [4.78, 5) is 18.5. The maximum atomic E-state index is 13.4. The molecule has 0 amide bonds. The van der Waals surface area contributed by atoms with Crippen molar-refractivity contribution in [2.75, 3.05) is 13.2 Å². The number of carbonyl (C=O) groups excluding carboxylic acids is 1. The van der Waals surface area contributed by atoms with Crippen LogP contribution in [0.4, 0.5) is 0 Å². The van der Waals surface area contributed by atoms with E-state index in [1.165, 1.54) is 11.1 Å². The molecule has 1 unspecified atom stereocenters. The van der Waals surface area contributed by atoms with Crippen molar-refractivity contribution in [1.29, 1.82) is 0 Å². The van der Waals surface area contributed by atoms with Crippen molar-refractivity contribution < 1.29 is 14.3 Å². The highest BCUT2D eigenvalue weighted by Gasteiger charge is 2.38. The fraction of sp³-hybridized carbons (Fsp3) is 0.515. The molecule has 9 heteroatoms. The van der Waals surface area contributed by atoms with Crippen molar-refractivity contribution in [2.24, 2.45) is 0 Å². The summed E-state index contributed by atoms with van der Waals surface area (Å²) in [6.45, 7) is 24.9. The summed E-state index contributed by atoms with van der Waals surface area (Å²) >= 11 is 3.61. The van der Waals surface area contributed by atoms with Crippen LogP contribution in [-0.2, 0) is 33.1 Å². The average Bonchev–Trinajstić information content (AvgIpc) is 3.48. The standard InChI is InChI=1S/C33H48BrN3O3Si2/c1-23-24(2)30(27-13-14-36(31(27)25(23)3)21-39-15-17-41(5,6)7)33(4,20-38)32-35-28-19-26(34)11-12-29(28)37(32)22-40-16-18-42(8,9)10/h11-14,19-20H,15-18,21-22H2,1-10H3. The molecule has 42 heavy (non-hydrogen) atoms. The minimum absolute atomic E-state index is 0.348. The highest BCUT2D eigenvalue weighted by molar-refractivity contribution is 9.10. The molecule has 2 aromatic heterocycles. The number of hydrogen-bond donors (Lipinski definition) is 0. The molecule has 1 atom stereocenters. The number of aryl methyl sites for hydroxylation is 1. The van der Waals surface area contributed by atoms with Gasteiger partial charge in [-0.05, 0) is 86.3 Å². The van der Waals surface area contributed by atoms with Gasteiger partial charge in [-0.3, -0.25) is 0 Å². The highest BCUT2D eigenvalue weighted by atomic mass is 79.9. The van der Waals surface area contributed by atoms with Crippen LogP contribution in [0.2, 0.25) is 51.4 Å². The first-order valence-electron chi connectivity index (χ1n) is 14.9. The Morgan fingerprint density at radius 3 is 2.12 bits per heavy atom. The van der Waals surface area contributed by atoms with E-state index in [4.69, 9.17) is 14.5 Å². The van der Waals surface area contributed by atoms with E-state index < -0.39 is 21.6 Å². The predicted octanol–water partition coefficient (Wildman–Crippen LogP) is 8.81. The molecule has 0 radical (unpaired) electrons. The van der Waals surface area contributed by atoms with Crippen LogP contribution in [0.3, 0.4) is 0 Å². The van der Waals surface area contributed by atoms with E-state index in [0.29, 0.717) is 25.9 Å². The van der Waals surface area contributed by atoms with Gasteiger partial charge in [0.15, 0.2) is 0 Å². The number of aromatic nitrogens is 3. The van der Waals surface area contributed by atoms with E-state index in [1.54, 1.807) is 0 Å². The summed E-state index contributed by atoms with van der Waals surface area (Å²) < 4.78 is 17.7. The van der Waals surface area contributed by atoms with Crippen LogP contribution >= 0.6 is 15.9 Å². The lowest BCUT2D eigenvalue weighted by Crippen LogP contribution is -2.32. The lowest BCUT2D eigenvalue weighted by molar-refractivity contribution is -0.111. The zero-order valence-corrected chi connectivity index (χ0v) is 30.7. The molecular weight excluding hydrogens is 622 g/mol. The molecular formula is C33H48BrN3O3Si2. The van der Waals surface area contributed by atoms with Gasteiger partial charge in [0.05, 0.1) is 16.6 Å². The zero-order chi connectivity index (χ0) is 31.0. The van der Waals surface area contributed by atoms with Crippen molar-refractivity contribution in [3.8, 4) is 0 Å². The second kappa shape index (κ2) is 12.5. The fourth-order valence-electron chi connectivity index (χ4n) is 5.65. The number of nitrogens with zero attached hydrogens (tertiary/aromatic N) is 3. The summed E-state index contributed by atoms with van der Waals surface area (Å²) in [6, 6.07) is 10.4. The molecule has 0 aliphatic rings. The van der Waals surface area contributed by atoms with E-state index in [0.717, 1.165) is 62.5 Å². The molecule has 4 aromatic rings. The normalized spacial score (nSPS) is 14.2. The molecule has 2 aromatic carbocycles. The number of fused-ring (bicyclic) bond motifs is 2. The Morgan fingerprint density at radius 1 is 0.905 bits per heavy atom. The Labute approximate surface area is 261 Å². The van der Waals surface area contributed by atoms with Crippen LogP contribution in [-0.4, -0.2) is 49.8 Å². The number of aldehydes is 1. The number of benzene rings is 2. The Morgan fingerprint density at radius 2 is 1.52 bits per heavy atom. The fourth-order valence-corrected chi connectivity index (χ4v) is 7.51. The molecule has 0 fully saturated rings. The van der Waals surface area contributed by atoms with E-state index in [9.17, 15) is 4.79 Å². The first-order valence-corrected chi connectivity index (χ1v) is 23.2. The van der Waals surface area contributed by atoms with Gasteiger partial charge in [0, 0.05) is 45.4 Å². The van der Waals surface area contributed by atoms with Crippen LogP contribution in [0.5, 0.6) is 0 Å². The second-order valence-electron chi connectivity index (χ2n) is 14.3. The summed E-state index contributed by atoms with van der Waals surface area (Å²) in [7, 11) is -2.42. The molecule has 0 N–H and O–H groups in total. The summed E-state index contributed by atoms with van der Waals surface area (Å²) in [5, 5.41) is 1.07. The van der Waals surface area contributed by atoms with E-state index in [1.807, 2.05) is 19.1 Å². The van der Waals surface area contributed by atoms with Crippen molar-refractivity contribution in [2.45, 2.75) is 97.9 Å². The van der Waals surface area contributed by atoms with Gasteiger partial charge in [-0.1, -0.05) is 55.2 Å². The SMILES string of the molecule is Cc1c(C)c(C)c2c(ccn2COCC[Si](C)(C)C)c1C(C)(C=O)c1nc2cc(Br)ccc2n1COCC[Si](C)(C)C. The number of imidazole rings is 1. The van der Waals surface area contributed by atoms with Gasteiger partial charge in [-0.15, -0.1) is 0 Å². The Balaban J connectivity index is 1.84. The van der Waals surface area contributed by atoms with Crippen LogP contribution in [0.25, 0.3) is 21.9 Å². The summed E-state index contributed by atoms with van der Waals surface area (Å²) in [6.07, 6.45) is 3.17. The van der Waals surface area contributed by atoms with Gasteiger partial charge in [0.25, 0.3) is 0 Å². The van der Waals surface area contributed by atoms with E-state index in [-0.39, 0.29) is 0 Å². The third-order valence-electron chi connectivity index (χ3n) is 8.46. The molecule has 0 saturated heterocycles. The number of halogens is 1. The third-order valence-corrected chi connectivity index (χ3v) is 12.4. The van der Waals surface area contributed by atoms with E-state index in [2.05, 4.69) is 103 Å². The van der Waals surface area contributed by atoms with Crippen LogP contribution < -0.4 is 0 Å². The average molecular weight is 671 g/mol. The smallest absolute Gasteiger partial charge is 0.137 e. The predicted molar refractivity (Wildman–Crippen MR) is 184 cm³/mol. The van der Waals surface area contributed by atoms with Gasteiger partial charge in [0.1, 0.15) is 31.0 Å². The molecule has 2 heterocycles. The molecule has 6 nitrogen and oxygen atoms in total. The largest absolute Gasteiger partial charge is 0.361 e. The quantitative estimate of drug-likeness (QED) is 0.0811. The molecule has 0 aliphatic carbocycles.